The lowest BCUT2D eigenvalue weighted by Gasteiger charge is -2.26. The molecule has 0 spiro atoms. The number of carbonyl (C=O) groups is 1. The first-order valence-corrected chi connectivity index (χ1v) is 5.03. The largest absolute Gasteiger partial charge is 0.481 e. The zero-order valence-corrected chi connectivity index (χ0v) is 9.51. The molecule has 94 valence electrons. The van der Waals surface area contributed by atoms with E-state index < -0.39 is 23.1 Å². The predicted molar refractivity (Wildman–Crippen MR) is 56.7 cm³/mol. The van der Waals surface area contributed by atoms with Crippen LogP contribution in [0, 0.1) is 0 Å². The Morgan fingerprint density at radius 3 is 2.06 bits per heavy atom. The summed E-state index contributed by atoms with van der Waals surface area (Å²) in [6, 6.07) is 5.07. The topological polar surface area (TPSA) is 37.3 Å². The number of aliphatic carboxylic acids is 1. The van der Waals surface area contributed by atoms with Gasteiger partial charge in [0.25, 0.3) is 0 Å². The van der Waals surface area contributed by atoms with E-state index in [1.807, 2.05) is 0 Å². The van der Waals surface area contributed by atoms with Gasteiger partial charge in [0.1, 0.15) is 0 Å². The number of halogens is 3. The van der Waals surface area contributed by atoms with Gasteiger partial charge in [0.15, 0.2) is 0 Å². The van der Waals surface area contributed by atoms with E-state index in [4.69, 9.17) is 5.11 Å². The monoisotopic (exact) mass is 246 g/mol. The van der Waals surface area contributed by atoms with Crippen LogP contribution in [0.25, 0.3) is 0 Å². The summed E-state index contributed by atoms with van der Waals surface area (Å²) in [5, 5.41) is 8.72. The molecule has 0 aromatic heterocycles. The van der Waals surface area contributed by atoms with Gasteiger partial charge in [0.2, 0.25) is 0 Å². The fourth-order valence-corrected chi connectivity index (χ4v) is 1.79. The van der Waals surface area contributed by atoms with Crippen molar-refractivity contribution in [2.45, 2.75) is 31.9 Å². The Hall–Kier alpha value is -1.52. The van der Waals surface area contributed by atoms with Crippen molar-refractivity contribution in [2.75, 3.05) is 0 Å². The van der Waals surface area contributed by atoms with Gasteiger partial charge in [-0.1, -0.05) is 32.0 Å². The molecule has 0 saturated carbocycles. The molecule has 0 fully saturated rings. The molecule has 0 aliphatic carbocycles. The lowest BCUT2D eigenvalue weighted by atomic mass is 9.79. The Labute approximate surface area is 97.1 Å². The molecule has 1 aromatic rings. The number of benzene rings is 1. The minimum Gasteiger partial charge on any atom is -0.481 e. The van der Waals surface area contributed by atoms with Gasteiger partial charge in [-0.25, -0.2) is 0 Å². The summed E-state index contributed by atoms with van der Waals surface area (Å²) < 4.78 is 38.3. The Morgan fingerprint density at radius 2 is 1.65 bits per heavy atom. The minimum absolute atomic E-state index is 0.00917. The van der Waals surface area contributed by atoms with Gasteiger partial charge in [-0.3, -0.25) is 4.79 Å². The summed E-state index contributed by atoms with van der Waals surface area (Å²) >= 11 is 0. The molecule has 0 amide bonds. The zero-order chi connectivity index (χ0) is 13.3. The van der Waals surface area contributed by atoms with Gasteiger partial charge >= 0.3 is 12.1 Å². The second kappa shape index (κ2) is 4.39. The van der Waals surface area contributed by atoms with Crippen LogP contribution in [0.4, 0.5) is 13.2 Å². The Kier molecular flexibility index (Phi) is 3.50. The van der Waals surface area contributed by atoms with Crippen molar-refractivity contribution < 1.29 is 23.1 Å². The normalized spacial score (nSPS) is 12.5. The van der Waals surface area contributed by atoms with Crippen LogP contribution in [0.2, 0.25) is 0 Å². The van der Waals surface area contributed by atoms with Gasteiger partial charge in [0.05, 0.1) is 12.0 Å². The fourth-order valence-electron chi connectivity index (χ4n) is 1.79. The fraction of sp³-hybridized carbons (Fsp3) is 0.417. The third-order valence-corrected chi connectivity index (χ3v) is 2.55. The highest BCUT2D eigenvalue weighted by atomic mass is 19.4. The number of hydrogen-bond donors (Lipinski definition) is 1. The zero-order valence-electron chi connectivity index (χ0n) is 9.51. The summed E-state index contributed by atoms with van der Waals surface area (Å²) in [7, 11) is 0. The highest BCUT2D eigenvalue weighted by Crippen LogP contribution is 2.38. The Bertz CT molecular complexity index is 422. The summed E-state index contributed by atoms with van der Waals surface area (Å²) in [4.78, 5) is 10.7. The highest BCUT2D eigenvalue weighted by molar-refractivity contribution is 5.69. The van der Waals surface area contributed by atoms with E-state index in [2.05, 4.69) is 0 Å². The van der Waals surface area contributed by atoms with Crippen molar-refractivity contribution in [3.05, 3.63) is 35.4 Å². The van der Waals surface area contributed by atoms with Crippen LogP contribution >= 0.6 is 0 Å². The van der Waals surface area contributed by atoms with Crippen molar-refractivity contribution in [3.8, 4) is 0 Å². The van der Waals surface area contributed by atoms with Crippen molar-refractivity contribution >= 4 is 5.97 Å². The summed E-state index contributed by atoms with van der Waals surface area (Å²) in [5.74, 6) is -1.12. The standard InChI is InChI=1S/C12H13F3O2/c1-11(2,7-10(16)17)8-5-3-4-6-9(8)12(13,14)15/h3-6H,7H2,1-2H3,(H,16,17). The first-order chi connectivity index (χ1) is 7.64. The van der Waals surface area contributed by atoms with Crippen LogP contribution in [0.15, 0.2) is 24.3 Å². The van der Waals surface area contributed by atoms with Crippen molar-refractivity contribution in [3.63, 3.8) is 0 Å². The van der Waals surface area contributed by atoms with Crippen LogP contribution in [-0.4, -0.2) is 11.1 Å². The summed E-state index contributed by atoms with van der Waals surface area (Å²) in [5.41, 5.74) is -1.82. The molecule has 0 saturated heterocycles. The molecule has 0 heterocycles. The second-order valence-corrected chi connectivity index (χ2v) is 4.50. The van der Waals surface area contributed by atoms with E-state index in [9.17, 15) is 18.0 Å². The van der Waals surface area contributed by atoms with E-state index in [0.29, 0.717) is 0 Å². The van der Waals surface area contributed by atoms with E-state index in [0.717, 1.165) is 6.07 Å². The molecule has 1 aromatic carbocycles. The van der Waals surface area contributed by atoms with E-state index in [-0.39, 0.29) is 12.0 Å². The molecule has 1 rings (SSSR count). The molecule has 1 N–H and O–H groups in total. The van der Waals surface area contributed by atoms with Crippen molar-refractivity contribution in [2.24, 2.45) is 0 Å². The van der Waals surface area contributed by atoms with Crippen LogP contribution in [0.1, 0.15) is 31.4 Å². The van der Waals surface area contributed by atoms with Crippen LogP contribution in [-0.2, 0) is 16.4 Å². The number of hydrogen-bond acceptors (Lipinski definition) is 1. The van der Waals surface area contributed by atoms with Crippen LogP contribution in [0.3, 0.4) is 0 Å². The predicted octanol–water partition coefficient (Wildman–Crippen LogP) is 3.46. The first kappa shape index (κ1) is 13.5. The Balaban J connectivity index is 3.26. The van der Waals surface area contributed by atoms with Crippen molar-refractivity contribution in [1.29, 1.82) is 0 Å². The van der Waals surface area contributed by atoms with E-state index in [1.54, 1.807) is 0 Å². The number of rotatable bonds is 3. The smallest absolute Gasteiger partial charge is 0.416 e. The molecule has 17 heavy (non-hydrogen) atoms. The third-order valence-electron chi connectivity index (χ3n) is 2.55. The quantitative estimate of drug-likeness (QED) is 0.886. The summed E-state index contributed by atoms with van der Waals surface area (Å²) in [6.45, 7) is 2.98. The SMILES string of the molecule is CC(C)(CC(=O)O)c1ccccc1C(F)(F)F. The lowest BCUT2D eigenvalue weighted by molar-refractivity contribution is -0.141. The first-order valence-electron chi connectivity index (χ1n) is 5.03. The average molecular weight is 246 g/mol. The number of carboxylic acid groups (broad SMARTS) is 1. The molecule has 2 nitrogen and oxygen atoms in total. The Morgan fingerprint density at radius 1 is 1.18 bits per heavy atom. The van der Waals surface area contributed by atoms with Crippen LogP contribution < -0.4 is 0 Å². The lowest BCUT2D eigenvalue weighted by Crippen LogP contribution is -2.25. The van der Waals surface area contributed by atoms with Gasteiger partial charge in [-0.15, -0.1) is 0 Å². The second-order valence-electron chi connectivity index (χ2n) is 4.50. The van der Waals surface area contributed by atoms with E-state index in [1.165, 1.54) is 32.0 Å². The highest BCUT2D eigenvalue weighted by Gasteiger charge is 2.38. The molecular weight excluding hydrogens is 233 g/mol. The van der Waals surface area contributed by atoms with Crippen LogP contribution in [0.5, 0.6) is 0 Å². The maximum atomic E-state index is 12.8. The minimum atomic E-state index is -4.47. The molecule has 5 heteroatoms. The molecule has 0 unspecified atom stereocenters. The molecule has 0 radical (unpaired) electrons. The maximum absolute atomic E-state index is 12.8. The number of alkyl halides is 3. The molecule has 0 bridgehead atoms. The number of carboxylic acids is 1. The van der Waals surface area contributed by atoms with Gasteiger partial charge < -0.3 is 5.11 Å². The molecular formula is C12H13F3O2. The molecule has 0 atom stereocenters. The third kappa shape index (κ3) is 3.22. The van der Waals surface area contributed by atoms with Gasteiger partial charge in [0, 0.05) is 5.41 Å². The van der Waals surface area contributed by atoms with Crippen molar-refractivity contribution in [1.82, 2.24) is 0 Å². The molecule has 0 aliphatic rings. The van der Waals surface area contributed by atoms with Gasteiger partial charge in [-0.05, 0) is 11.6 Å². The average Bonchev–Trinajstić information content (AvgIpc) is 2.14. The van der Waals surface area contributed by atoms with E-state index >= 15 is 0 Å². The maximum Gasteiger partial charge on any atom is 0.416 e. The summed E-state index contributed by atoms with van der Waals surface area (Å²) in [6.07, 6.45) is -4.81. The molecule has 0 aliphatic heterocycles. The van der Waals surface area contributed by atoms with Gasteiger partial charge in [-0.2, -0.15) is 13.2 Å².